The minimum Gasteiger partial charge on any atom is -0.456 e. The normalized spacial score (nSPS) is 22.0. The van der Waals surface area contributed by atoms with E-state index in [4.69, 9.17) is 24.7 Å². The predicted molar refractivity (Wildman–Crippen MR) is 145 cm³/mol. The van der Waals surface area contributed by atoms with Crippen LogP contribution in [-0.4, -0.2) is 106 Å². The lowest BCUT2D eigenvalue weighted by Gasteiger charge is -2.36. The number of carbonyl (C=O) groups is 2. The van der Waals surface area contributed by atoms with E-state index in [9.17, 15) is 9.59 Å². The maximum atomic E-state index is 13.8. The lowest BCUT2D eigenvalue weighted by Crippen LogP contribution is -2.49. The molecule has 0 spiro atoms. The van der Waals surface area contributed by atoms with Gasteiger partial charge in [-0.3, -0.25) is 9.80 Å². The zero-order valence-electron chi connectivity index (χ0n) is 24.0. The first-order valence-corrected chi connectivity index (χ1v) is 14.2. The molecule has 0 amide bonds. The highest BCUT2D eigenvalue weighted by atomic mass is 16.6. The molecular formula is C28H48N4O6. The second-order valence-corrected chi connectivity index (χ2v) is 10.9. The number of hydrogen-bond acceptors (Lipinski definition) is 10. The maximum Gasteiger partial charge on any atom is 0.336 e. The smallest absolute Gasteiger partial charge is 0.336 e. The molecule has 38 heavy (non-hydrogen) atoms. The van der Waals surface area contributed by atoms with E-state index in [1.54, 1.807) is 0 Å². The third-order valence-electron chi connectivity index (χ3n) is 7.44. The third kappa shape index (κ3) is 8.26. The standard InChI is InChI=1S/C28H48N4O6/c1-6-8-28(4,5)38-27(34)25-20(3)24(22(7-2)30-23(25)17-29)26(33)37-21(18-31-9-13-35-14-10-31)19-32-11-15-36-16-12-32/h20-21,30H,6-19,29H2,1-5H3. The van der Waals surface area contributed by atoms with E-state index < -0.39 is 23.5 Å². The monoisotopic (exact) mass is 536 g/mol. The number of carbonyl (C=O) groups excluding carboxylic acids is 2. The van der Waals surface area contributed by atoms with Crippen LogP contribution in [-0.2, 0) is 28.5 Å². The van der Waals surface area contributed by atoms with Gasteiger partial charge in [-0.1, -0.05) is 27.2 Å². The molecule has 0 saturated carbocycles. The fourth-order valence-electron chi connectivity index (χ4n) is 5.47. The van der Waals surface area contributed by atoms with E-state index in [1.165, 1.54) is 0 Å². The molecule has 216 valence electrons. The van der Waals surface area contributed by atoms with E-state index in [1.807, 2.05) is 27.7 Å². The summed E-state index contributed by atoms with van der Waals surface area (Å²) < 4.78 is 23.1. The first kappa shape index (κ1) is 30.6. The summed E-state index contributed by atoms with van der Waals surface area (Å²) in [5, 5.41) is 3.28. The zero-order chi connectivity index (χ0) is 27.7. The van der Waals surface area contributed by atoms with Gasteiger partial charge in [-0.2, -0.15) is 0 Å². The van der Waals surface area contributed by atoms with Crippen molar-refractivity contribution >= 4 is 11.9 Å². The Morgan fingerprint density at radius 1 is 0.974 bits per heavy atom. The number of ether oxygens (including phenoxy) is 4. The van der Waals surface area contributed by atoms with Crippen molar-refractivity contribution in [3.8, 4) is 0 Å². The van der Waals surface area contributed by atoms with Crippen molar-refractivity contribution in [3.05, 3.63) is 22.5 Å². The van der Waals surface area contributed by atoms with Gasteiger partial charge in [-0.15, -0.1) is 0 Å². The highest BCUT2D eigenvalue weighted by molar-refractivity contribution is 5.98. The first-order valence-electron chi connectivity index (χ1n) is 14.2. The van der Waals surface area contributed by atoms with Gasteiger partial charge < -0.3 is 30.0 Å². The predicted octanol–water partition coefficient (Wildman–Crippen LogP) is 1.80. The Balaban J connectivity index is 1.81. The Hall–Kier alpha value is -1.98. The van der Waals surface area contributed by atoms with Crippen LogP contribution in [0.15, 0.2) is 22.5 Å². The van der Waals surface area contributed by atoms with Gasteiger partial charge >= 0.3 is 11.9 Å². The molecule has 0 aromatic rings. The molecule has 0 aromatic heterocycles. The summed E-state index contributed by atoms with van der Waals surface area (Å²) in [5.74, 6) is -1.35. The first-order chi connectivity index (χ1) is 18.2. The maximum absolute atomic E-state index is 13.8. The van der Waals surface area contributed by atoms with Crippen LogP contribution < -0.4 is 11.1 Å². The van der Waals surface area contributed by atoms with Gasteiger partial charge in [0.2, 0.25) is 0 Å². The average molecular weight is 537 g/mol. The number of dihydropyridines is 1. The second kappa shape index (κ2) is 14.4. The van der Waals surface area contributed by atoms with Crippen molar-refractivity contribution in [2.24, 2.45) is 11.7 Å². The van der Waals surface area contributed by atoms with Gasteiger partial charge in [-0.25, -0.2) is 9.59 Å². The molecule has 2 fully saturated rings. The minimum atomic E-state index is -0.616. The fourth-order valence-corrected chi connectivity index (χ4v) is 5.47. The van der Waals surface area contributed by atoms with Crippen molar-refractivity contribution in [1.82, 2.24) is 15.1 Å². The highest BCUT2D eigenvalue weighted by Crippen LogP contribution is 2.33. The van der Waals surface area contributed by atoms with Gasteiger partial charge in [0.1, 0.15) is 11.7 Å². The minimum absolute atomic E-state index is 0.144. The number of nitrogens with two attached hydrogens (primary N) is 1. The van der Waals surface area contributed by atoms with Crippen LogP contribution in [0.4, 0.5) is 0 Å². The van der Waals surface area contributed by atoms with Crippen molar-refractivity contribution in [3.63, 3.8) is 0 Å². The number of rotatable bonds is 12. The third-order valence-corrected chi connectivity index (χ3v) is 7.44. The summed E-state index contributed by atoms with van der Waals surface area (Å²) in [6.45, 7) is 17.1. The largest absolute Gasteiger partial charge is 0.456 e. The van der Waals surface area contributed by atoms with Crippen molar-refractivity contribution in [1.29, 1.82) is 0 Å². The molecule has 2 saturated heterocycles. The van der Waals surface area contributed by atoms with Gasteiger partial charge in [0.15, 0.2) is 0 Å². The molecule has 0 aromatic carbocycles. The molecule has 1 unspecified atom stereocenters. The van der Waals surface area contributed by atoms with E-state index >= 15 is 0 Å². The quantitative estimate of drug-likeness (QED) is 0.358. The molecule has 3 aliphatic rings. The summed E-state index contributed by atoms with van der Waals surface area (Å²) in [7, 11) is 0. The molecule has 0 aliphatic carbocycles. The molecule has 10 heteroatoms. The summed E-state index contributed by atoms with van der Waals surface area (Å²) in [5.41, 5.74) is 7.64. The summed E-state index contributed by atoms with van der Waals surface area (Å²) >= 11 is 0. The van der Waals surface area contributed by atoms with Crippen LogP contribution in [0, 0.1) is 5.92 Å². The SMILES string of the molecule is CCCC(C)(C)OC(=O)C1=C(CN)NC(CC)=C(C(=O)OC(CN2CCOCC2)CN2CCOCC2)C1C. The highest BCUT2D eigenvalue weighted by Gasteiger charge is 2.38. The molecule has 0 bridgehead atoms. The number of esters is 2. The summed E-state index contributed by atoms with van der Waals surface area (Å²) in [4.78, 5) is 31.8. The van der Waals surface area contributed by atoms with Gasteiger partial charge in [0, 0.05) is 63.1 Å². The topological polar surface area (TPSA) is 116 Å². The zero-order valence-corrected chi connectivity index (χ0v) is 24.0. The molecule has 3 aliphatic heterocycles. The summed E-state index contributed by atoms with van der Waals surface area (Å²) in [6.07, 6.45) is 1.89. The van der Waals surface area contributed by atoms with Crippen molar-refractivity contribution in [2.45, 2.75) is 65.6 Å². The average Bonchev–Trinajstić information content (AvgIpc) is 2.88. The van der Waals surface area contributed by atoms with Crippen LogP contribution in [0.5, 0.6) is 0 Å². The van der Waals surface area contributed by atoms with E-state index in [-0.39, 0.29) is 12.6 Å². The van der Waals surface area contributed by atoms with Crippen molar-refractivity contribution < 1.29 is 28.5 Å². The van der Waals surface area contributed by atoms with Crippen LogP contribution in [0.1, 0.15) is 53.9 Å². The molecule has 0 radical (unpaired) electrons. The van der Waals surface area contributed by atoms with Crippen LogP contribution in [0.3, 0.4) is 0 Å². The van der Waals surface area contributed by atoms with Gasteiger partial charge in [-0.05, 0) is 26.7 Å². The molecule has 3 heterocycles. The van der Waals surface area contributed by atoms with E-state index in [0.717, 1.165) is 44.7 Å². The fraction of sp³-hybridized carbons (Fsp3) is 0.786. The summed E-state index contributed by atoms with van der Waals surface area (Å²) in [6, 6.07) is 0. The number of hydrogen-bond donors (Lipinski definition) is 2. The van der Waals surface area contributed by atoms with Crippen LogP contribution in [0.2, 0.25) is 0 Å². The van der Waals surface area contributed by atoms with Crippen molar-refractivity contribution in [2.75, 3.05) is 72.2 Å². The lowest BCUT2D eigenvalue weighted by molar-refractivity contribution is -0.152. The number of allylic oxidation sites excluding steroid dienone is 1. The van der Waals surface area contributed by atoms with E-state index in [0.29, 0.717) is 62.8 Å². The Labute approximate surface area is 227 Å². The Morgan fingerprint density at radius 2 is 1.50 bits per heavy atom. The number of nitrogens with zero attached hydrogens (tertiary/aromatic N) is 2. The Bertz CT molecular complexity index is 855. The molecule has 3 rings (SSSR count). The Kier molecular flexibility index (Phi) is 11.6. The molecule has 1 atom stereocenters. The van der Waals surface area contributed by atoms with Crippen LogP contribution >= 0.6 is 0 Å². The molecule has 3 N–H and O–H groups in total. The Morgan fingerprint density at radius 3 is 1.97 bits per heavy atom. The number of nitrogens with one attached hydrogen (secondary N) is 1. The van der Waals surface area contributed by atoms with Gasteiger partial charge in [0.25, 0.3) is 0 Å². The number of morpholine rings is 2. The second-order valence-electron chi connectivity index (χ2n) is 10.9. The lowest BCUT2D eigenvalue weighted by atomic mass is 9.85. The molecular weight excluding hydrogens is 488 g/mol. The van der Waals surface area contributed by atoms with E-state index in [2.05, 4.69) is 22.0 Å². The van der Waals surface area contributed by atoms with Crippen LogP contribution in [0.25, 0.3) is 0 Å². The molecule has 10 nitrogen and oxygen atoms in total. The van der Waals surface area contributed by atoms with Gasteiger partial charge in [0.05, 0.1) is 37.6 Å².